The molecule has 1 heterocycles. The molecule has 0 atom stereocenters. The fourth-order valence-electron chi connectivity index (χ4n) is 2.03. The molecule has 1 aromatic heterocycles. The molecule has 0 fully saturated rings. The monoisotopic (exact) mass is 242 g/mol. The predicted octanol–water partition coefficient (Wildman–Crippen LogP) is 3.86. The molecule has 0 aliphatic rings. The van der Waals surface area contributed by atoms with Gasteiger partial charge in [0.2, 0.25) is 0 Å². The first-order valence-corrected chi connectivity index (χ1v) is 6.70. The zero-order chi connectivity index (χ0) is 13.1. The molecule has 0 amide bonds. The summed E-state index contributed by atoms with van der Waals surface area (Å²) < 4.78 is 0. The Labute approximate surface area is 109 Å². The summed E-state index contributed by atoms with van der Waals surface area (Å²) >= 11 is 0. The van der Waals surface area contributed by atoms with Crippen LogP contribution < -0.4 is 5.32 Å². The average Bonchev–Trinajstić information content (AvgIpc) is 2.35. The van der Waals surface area contributed by atoms with E-state index in [0.717, 1.165) is 12.1 Å². The molecule has 0 saturated carbocycles. The molecule has 0 saturated heterocycles. The Kier molecular flexibility index (Phi) is 3.97. The van der Waals surface area contributed by atoms with Gasteiger partial charge < -0.3 is 5.32 Å². The van der Waals surface area contributed by atoms with E-state index in [9.17, 15) is 0 Å². The third kappa shape index (κ3) is 2.88. The molecule has 0 radical (unpaired) electrons. The number of rotatable bonds is 4. The van der Waals surface area contributed by atoms with E-state index in [1.165, 1.54) is 16.6 Å². The number of para-hydroxylation sites is 1. The van der Waals surface area contributed by atoms with Crippen LogP contribution in [-0.2, 0) is 6.54 Å². The van der Waals surface area contributed by atoms with Gasteiger partial charge in [-0.05, 0) is 23.6 Å². The maximum absolute atomic E-state index is 4.73. The minimum atomic E-state index is 0.465. The minimum absolute atomic E-state index is 0.465. The van der Waals surface area contributed by atoms with E-state index in [4.69, 9.17) is 4.98 Å². The van der Waals surface area contributed by atoms with Gasteiger partial charge in [0.15, 0.2) is 0 Å². The van der Waals surface area contributed by atoms with Crippen LogP contribution in [0.15, 0.2) is 30.3 Å². The van der Waals surface area contributed by atoms with Crippen LogP contribution in [0, 0.1) is 0 Å². The minimum Gasteiger partial charge on any atom is -0.310 e. The fourth-order valence-corrected chi connectivity index (χ4v) is 2.03. The van der Waals surface area contributed by atoms with Gasteiger partial charge in [-0.3, -0.25) is 4.98 Å². The van der Waals surface area contributed by atoms with Crippen molar-refractivity contribution >= 4 is 10.9 Å². The summed E-state index contributed by atoms with van der Waals surface area (Å²) in [5.41, 5.74) is 3.62. The maximum atomic E-state index is 4.73. The van der Waals surface area contributed by atoms with Crippen molar-refractivity contribution in [3.8, 4) is 0 Å². The van der Waals surface area contributed by atoms with E-state index in [1.807, 2.05) is 0 Å². The predicted molar refractivity (Wildman–Crippen MR) is 77.8 cm³/mol. The molecule has 2 aromatic rings. The Bertz CT molecular complexity index is 530. The summed E-state index contributed by atoms with van der Waals surface area (Å²) in [5.74, 6) is 0.465. The molecule has 0 unspecified atom stereocenters. The number of hydrogen-bond acceptors (Lipinski definition) is 2. The van der Waals surface area contributed by atoms with Crippen molar-refractivity contribution in [2.45, 2.75) is 46.2 Å². The van der Waals surface area contributed by atoms with Crippen LogP contribution in [-0.4, -0.2) is 11.0 Å². The highest BCUT2D eigenvalue weighted by Gasteiger charge is 2.08. The lowest BCUT2D eigenvalue weighted by Gasteiger charge is -2.13. The number of nitrogens with zero attached hydrogens (tertiary/aromatic N) is 1. The fraction of sp³-hybridized carbons (Fsp3) is 0.438. The van der Waals surface area contributed by atoms with Gasteiger partial charge in [0.05, 0.1) is 5.52 Å². The van der Waals surface area contributed by atoms with Crippen LogP contribution in [0.3, 0.4) is 0 Å². The molecule has 2 rings (SSSR count). The standard InChI is InChI=1S/C16H22N2/c1-11(2)16-9-13(10-17-12(3)4)14-7-5-6-8-15(14)18-16/h5-9,11-12,17H,10H2,1-4H3. The van der Waals surface area contributed by atoms with E-state index in [1.54, 1.807) is 0 Å². The van der Waals surface area contributed by atoms with E-state index in [0.29, 0.717) is 12.0 Å². The van der Waals surface area contributed by atoms with Crippen molar-refractivity contribution in [1.82, 2.24) is 10.3 Å². The molecule has 2 heteroatoms. The molecular formula is C16H22N2. The number of pyridine rings is 1. The number of hydrogen-bond donors (Lipinski definition) is 1. The van der Waals surface area contributed by atoms with Crippen molar-refractivity contribution in [3.63, 3.8) is 0 Å². The molecule has 0 aliphatic heterocycles. The molecule has 1 aromatic carbocycles. The Hall–Kier alpha value is -1.41. The van der Waals surface area contributed by atoms with Crippen LogP contribution in [0.1, 0.15) is 44.9 Å². The SMILES string of the molecule is CC(C)NCc1cc(C(C)C)nc2ccccc12. The van der Waals surface area contributed by atoms with Crippen molar-refractivity contribution < 1.29 is 0 Å². The largest absolute Gasteiger partial charge is 0.310 e. The summed E-state index contributed by atoms with van der Waals surface area (Å²) in [6.07, 6.45) is 0. The second kappa shape index (κ2) is 5.49. The summed E-state index contributed by atoms with van der Waals surface area (Å²) in [4.78, 5) is 4.73. The molecule has 0 aliphatic carbocycles. The highest BCUT2D eigenvalue weighted by atomic mass is 14.9. The second-order valence-corrected chi connectivity index (χ2v) is 5.41. The number of benzene rings is 1. The van der Waals surface area contributed by atoms with Crippen LogP contribution in [0.2, 0.25) is 0 Å². The van der Waals surface area contributed by atoms with Crippen LogP contribution in [0.5, 0.6) is 0 Å². The van der Waals surface area contributed by atoms with E-state index in [2.05, 4.69) is 63.3 Å². The quantitative estimate of drug-likeness (QED) is 0.880. The van der Waals surface area contributed by atoms with Gasteiger partial charge in [-0.1, -0.05) is 45.9 Å². The summed E-state index contributed by atoms with van der Waals surface area (Å²) in [6.45, 7) is 9.63. The third-order valence-corrected chi connectivity index (χ3v) is 3.11. The third-order valence-electron chi connectivity index (χ3n) is 3.11. The van der Waals surface area contributed by atoms with E-state index >= 15 is 0 Å². The topological polar surface area (TPSA) is 24.9 Å². The molecular weight excluding hydrogens is 220 g/mol. The van der Waals surface area contributed by atoms with Crippen LogP contribution in [0.4, 0.5) is 0 Å². The molecule has 1 N–H and O–H groups in total. The second-order valence-electron chi connectivity index (χ2n) is 5.41. The first-order valence-electron chi connectivity index (χ1n) is 6.70. The lowest BCUT2D eigenvalue weighted by Crippen LogP contribution is -2.22. The van der Waals surface area contributed by atoms with Gasteiger partial charge in [-0.2, -0.15) is 0 Å². The summed E-state index contributed by atoms with van der Waals surface area (Å²) in [6, 6.07) is 11.1. The molecule has 18 heavy (non-hydrogen) atoms. The van der Waals surface area contributed by atoms with Crippen molar-refractivity contribution in [3.05, 3.63) is 41.6 Å². The van der Waals surface area contributed by atoms with E-state index in [-0.39, 0.29) is 0 Å². The zero-order valence-corrected chi connectivity index (χ0v) is 11.7. The first kappa shape index (κ1) is 13.0. The lowest BCUT2D eigenvalue weighted by molar-refractivity contribution is 0.590. The lowest BCUT2D eigenvalue weighted by atomic mass is 10.0. The zero-order valence-electron chi connectivity index (χ0n) is 11.7. The number of aromatic nitrogens is 1. The smallest absolute Gasteiger partial charge is 0.0708 e. The highest BCUT2D eigenvalue weighted by Crippen LogP contribution is 2.22. The Balaban J connectivity index is 2.47. The number of nitrogens with one attached hydrogen (secondary N) is 1. The molecule has 2 nitrogen and oxygen atoms in total. The molecule has 0 spiro atoms. The van der Waals surface area contributed by atoms with Gasteiger partial charge >= 0.3 is 0 Å². The van der Waals surface area contributed by atoms with Gasteiger partial charge in [0.1, 0.15) is 0 Å². The van der Waals surface area contributed by atoms with Gasteiger partial charge in [0, 0.05) is 23.7 Å². The highest BCUT2D eigenvalue weighted by molar-refractivity contribution is 5.82. The Morgan fingerprint density at radius 1 is 1.11 bits per heavy atom. The van der Waals surface area contributed by atoms with Crippen LogP contribution in [0.25, 0.3) is 10.9 Å². The molecule has 96 valence electrons. The molecule has 0 bridgehead atoms. The average molecular weight is 242 g/mol. The summed E-state index contributed by atoms with van der Waals surface area (Å²) in [7, 11) is 0. The first-order chi connectivity index (χ1) is 8.58. The summed E-state index contributed by atoms with van der Waals surface area (Å²) in [5, 5.41) is 4.75. The Morgan fingerprint density at radius 2 is 1.83 bits per heavy atom. The van der Waals surface area contributed by atoms with Crippen molar-refractivity contribution in [1.29, 1.82) is 0 Å². The van der Waals surface area contributed by atoms with E-state index < -0.39 is 0 Å². The maximum Gasteiger partial charge on any atom is 0.0708 e. The van der Waals surface area contributed by atoms with Gasteiger partial charge in [-0.25, -0.2) is 0 Å². The number of fused-ring (bicyclic) bond motifs is 1. The van der Waals surface area contributed by atoms with Gasteiger partial charge in [0.25, 0.3) is 0 Å². The van der Waals surface area contributed by atoms with Crippen LogP contribution >= 0.6 is 0 Å². The van der Waals surface area contributed by atoms with Crippen molar-refractivity contribution in [2.75, 3.05) is 0 Å². The van der Waals surface area contributed by atoms with Crippen molar-refractivity contribution in [2.24, 2.45) is 0 Å². The van der Waals surface area contributed by atoms with Gasteiger partial charge in [-0.15, -0.1) is 0 Å². The Morgan fingerprint density at radius 3 is 2.50 bits per heavy atom. The normalized spacial score (nSPS) is 11.7.